The topological polar surface area (TPSA) is 38.3 Å². The van der Waals surface area contributed by atoms with Gasteiger partial charge in [-0.05, 0) is 52.3 Å². The number of hydrogen-bond donors (Lipinski definition) is 1. The number of carbonyl (C=O) groups is 1. The highest BCUT2D eigenvalue weighted by Gasteiger charge is 2.06. The number of amides is 1. The summed E-state index contributed by atoms with van der Waals surface area (Å²) in [5.74, 6) is 0.324. The molecule has 1 aromatic carbocycles. The van der Waals surface area contributed by atoms with Gasteiger partial charge in [0.2, 0.25) is 5.91 Å². The van der Waals surface area contributed by atoms with E-state index in [0.29, 0.717) is 16.5 Å². The van der Waals surface area contributed by atoms with Crippen LogP contribution in [0.25, 0.3) is 6.08 Å². The summed E-state index contributed by atoms with van der Waals surface area (Å²) in [6.45, 7) is 0. The van der Waals surface area contributed by atoms with E-state index in [1.165, 1.54) is 13.2 Å². The van der Waals surface area contributed by atoms with Gasteiger partial charge in [-0.1, -0.05) is 11.6 Å². The van der Waals surface area contributed by atoms with Gasteiger partial charge >= 0.3 is 0 Å². The van der Waals surface area contributed by atoms with Crippen LogP contribution < -0.4 is 10.1 Å². The van der Waals surface area contributed by atoms with E-state index in [4.69, 9.17) is 16.3 Å². The fourth-order valence-corrected chi connectivity index (χ4v) is 3.03. The monoisotopic (exact) mass is 371 g/mol. The van der Waals surface area contributed by atoms with Crippen LogP contribution in [0.2, 0.25) is 5.02 Å². The van der Waals surface area contributed by atoms with Crippen LogP contribution >= 0.6 is 38.9 Å². The van der Waals surface area contributed by atoms with Gasteiger partial charge in [0.15, 0.2) is 0 Å². The highest BCUT2D eigenvalue weighted by molar-refractivity contribution is 9.11. The molecule has 1 amide bonds. The van der Waals surface area contributed by atoms with Crippen molar-refractivity contribution in [3.63, 3.8) is 0 Å². The predicted molar refractivity (Wildman–Crippen MR) is 87.7 cm³/mol. The van der Waals surface area contributed by atoms with E-state index < -0.39 is 0 Å². The van der Waals surface area contributed by atoms with Crippen LogP contribution in [-0.4, -0.2) is 13.0 Å². The fourth-order valence-electron chi connectivity index (χ4n) is 1.53. The molecular formula is C14H11BrClNO2S. The normalized spacial score (nSPS) is 10.8. The molecule has 6 heteroatoms. The van der Waals surface area contributed by atoms with Crippen molar-refractivity contribution in [2.75, 3.05) is 12.4 Å². The summed E-state index contributed by atoms with van der Waals surface area (Å²) in [6, 6.07) is 8.92. The van der Waals surface area contributed by atoms with Crippen LogP contribution in [0, 0.1) is 0 Å². The number of halogens is 2. The minimum absolute atomic E-state index is 0.241. The van der Waals surface area contributed by atoms with Crippen molar-refractivity contribution < 1.29 is 9.53 Å². The SMILES string of the molecule is COc1ccc(Cl)cc1NC(=O)/C=C/c1ccc(Br)s1. The molecule has 0 saturated carbocycles. The van der Waals surface area contributed by atoms with Crippen LogP contribution in [0.15, 0.2) is 40.2 Å². The average molecular weight is 373 g/mol. The van der Waals surface area contributed by atoms with E-state index in [1.54, 1.807) is 35.6 Å². The summed E-state index contributed by atoms with van der Waals surface area (Å²) in [5.41, 5.74) is 0.544. The zero-order valence-corrected chi connectivity index (χ0v) is 13.7. The number of rotatable bonds is 4. The van der Waals surface area contributed by atoms with E-state index in [-0.39, 0.29) is 5.91 Å². The van der Waals surface area contributed by atoms with Crippen LogP contribution in [0.1, 0.15) is 4.88 Å². The summed E-state index contributed by atoms with van der Waals surface area (Å²) in [4.78, 5) is 12.9. The summed E-state index contributed by atoms with van der Waals surface area (Å²) in [6.07, 6.45) is 3.22. The summed E-state index contributed by atoms with van der Waals surface area (Å²) >= 11 is 10.8. The summed E-state index contributed by atoms with van der Waals surface area (Å²) < 4.78 is 6.19. The Kier molecular flexibility index (Phi) is 5.23. The van der Waals surface area contributed by atoms with Crippen LogP contribution in [0.4, 0.5) is 5.69 Å². The Bertz CT molecular complexity index is 654. The molecule has 2 aromatic rings. The maximum atomic E-state index is 11.9. The lowest BCUT2D eigenvalue weighted by Gasteiger charge is -2.08. The third-order valence-corrected chi connectivity index (χ3v) is 4.24. The van der Waals surface area contributed by atoms with Crippen LogP contribution in [-0.2, 0) is 4.79 Å². The molecule has 0 aliphatic rings. The second-order valence-corrected chi connectivity index (χ2v) is 6.74. The molecule has 2 rings (SSSR count). The Hall–Kier alpha value is -1.30. The minimum atomic E-state index is -0.241. The second-order valence-electron chi connectivity index (χ2n) is 3.81. The summed E-state index contributed by atoms with van der Waals surface area (Å²) in [7, 11) is 1.54. The highest BCUT2D eigenvalue weighted by Crippen LogP contribution is 2.28. The molecule has 0 atom stereocenters. The van der Waals surface area contributed by atoms with Gasteiger partial charge in [0.1, 0.15) is 5.75 Å². The third kappa shape index (κ3) is 4.10. The quantitative estimate of drug-likeness (QED) is 0.781. The molecule has 1 aromatic heterocycles. The van der Waals surface area contributed by atoms with Gasteiger partial charge in [-0.15, -0.1) is 11.3 Å². The molecule has 1 heterocycles. The number of anilines is 1. The Morgan fingerprint density at radius 1 is 1.40 bits per heavy atom. The molecule has 0 bridgehead atoms. The van der Waals surface area contributed by atoms with E-state index >= 15 is 0 Å². The Morgan fingerprint density at radius 3 is 2.85 bits per heavy atom. The van der Waals surface area contributed by atoms with Gasteiger partial charge < -0.3 is 10.1 Å². The number of nitrogens with one attached hydrogen (secondary N) is 1. The van der Waals surface area contributed by atoms with Gasteiger partial charge in [0, 0.05) is 16.0 Å². The highest BCUT2D eigenvalue weighted by atomic mass is 79.9. The van der Waals surface area contributed by atoms with E-state index in [0.717, 1.165) is 8.66 Å². The second kappa shape index (κ2) is 6.92. The van der Waals surface area contributed by atoms with Crippen molar-refractivity contribution in [3.8, 4) is 5.75 Å². The summed E-state index contributed by atoms with van der Waals surface area (Å²) in [5, 5.41) is 3.27. The zero-order valence-electron chi connectivity index (χ0n) is 10.5. The third-order valence-electron chi connectivity index (χ3n) is 2.41. The van der Waals surface area contributed by atoms with Crippen molar-refractivity contribution in [3.05, 3.63) is 50.1 Å². The first-order valence-electron chi connectivity index (χ1n) is 5.66. The molecule has 0 unspecified atom stereocenters. The van der Waals surface area contributed by atoms with Crippen molar-refractivity contribution in [2.24, 2.45) is 0 Å². The standard InChI is InChI=1S/C14H11BrClNO2S/c1-19-12-5-2-9(16)8-11(12)17-14(18)7-4-10-3-6-13(15)20-10/h2-8H,1H3,(H,17,18)/b7-4+. The Labute approximate surface area is 134 Å². The molecule has 0 saturated heterocycles. The predicted octanol–water partition coefficient (Wildman–Crippen LogP) is 4.82. The van der Waals surface area contributed by atoms with Gasteiger partial charge in [0.05, 0.1) is 16.6 Å². The smallest absolute Gasteiger partial charge is 0.248 e. The van der Waals surface area contributed by atoms with Crippen molar-refractivity contribution in [1.29, 1.82) is 0 Å². The van der Waals surface area contributed by atoms with Gasteiger partial charge in [-0.3, -0.25) is 4.79 Å². The number of carbonyl (C=O) groups excluding carboxylic acids is 1. The lowest BCUT2D eigenvalue weighted by molar-refractivity contribution is -0.111. The average Bonchev–Trinajstić information content (AvgIpc) is 2.83. The Morgan fingerprint density at radius 2 is 2.20 bits per heavy atom. The molecule has 1 N–H and O–H groups in total. The minimum Gasteiger partial charge on any atom is -0.495 e. The molecular weight excluding hydrogens is 362 g/mol. The first kappa shape index (κ1) is 15.1. The van der Waals surface area contributed by atoms with Gasteiger partial charge in [-0.2, -0.15) is 0 Å². The zero-order chi connectivity index (χ0) is 14.5. The van der Waals surface area contributed by atoms with Gasteiger partial charge in [0.25, 0.3) is 0 Å². The number of hydrogen-bond acceptors (Lipinski definition) is 3. The van der Waals surface area contributed by atoms with Gasteiger partial charge in [-0.25, -0.2) is 0 Å². The largest absolute Gasteiger partial charge is 0.495 e. The molecule has 0 aliphatic carbocycles. The van der Waals surface area contributed by atoms with Crippen LogP contribution in [0.3, 0.4) is 0 Å². The Balaban J connectivity index is 2.08. The van der Waals surface area contributed by atoms with E-state index in [2.05, 4.69) is 21.2 Å². The number of benzene rings is 1. The number of thiophene rings is 1. The first-order chi connectivity index (χ1) is 9.58. The van der Waals surface area contributed by atoms with Crippen molar-refractivity contribution >= 4 is 56.5 Å². The molecule has 0 radical (unpaired) electrons. The molecule has 0 fully saturated rings. The number of ether oxygens (including phenoxy) is 1. The molecule has 3 nitrogen and oxygen atoms in total. The van der Waals surface area contributed by atoms with E-state index in [9.17, 15) is 4.79 Å². The first-order valence-corrected chi connectivity index (χ1v) is 7.65. The van der Waals surface area contributed by atoms with E-state index in [1.807, 2.05) is 12.1 Å². The maximum Gasteiger partial charge on any atom is 0.248 e. The lowest BCUT2D eigenvalue weighted by Crippen LogP contribution is -2.08. The molecule has 0 aliphatic heterocycles. The molecule has 104 valence electrons. The van der Waals surface area contributed by atoms with Crippen LogP contribution in [0.5, 0.6) is 5.75 Å². The molecule has 20 heavy (non-hydrogen) atoms. The number of methoxy groups -OCH3 is 1. The van der Waals surface area contributed by atoms with Crippen molar-refractivity contribution in [1.82, 2.24) is 0 Å². The molecule has 0 spiro atoms. The van der Waals surface area contributed by atoms with Crippen molar-refractivity contribution in [2.45, 2.75) is 0 Å². The lowest BCUT2D eigenvalue weighted by atomic mass is 10.3. The fraction of sp³-hybridized carbons (Fsp3) is 0.0714. The maximum absolute atomic E-state index is 11.9.